The van der Waals surface area contributed by atoms with Crippen molar-refractivity contribution in [2.45, 2.75) is 32.2 Å². The molecule has 0 bridgehead atoms. The van der Waals surface area contributed by atoms with Crippen LogP contribution in [-0.4, -0.2) is 53.7 Å². The summed E-state index contributed by atoms with van der Waals surface area (Å²) in [5, 5.41) is 12.0. The Morgan fingerprint density at radius 2 is 1.59 bits per heavy atom. The zero-order chi connectivity index (χ0) is 24.0. The summed E-state index contributed by atoms with van der Waals surface area (Å²) in [6.07, 6.45) is 0.117. The van der Waals surface area contributed by atoms with Crippen LogP contribution in [-0.2, 0) is 14.3 Å². The number of ether oxygens (including phenoxy) is 1. The van der Waals surface area contributed by atoms with Crippen LogP contribution in [0.15, 0.2) is 48.5 Å². The van der Waals surface area contributed by atoms with Crippen molar-refractivity contribution in [2.24, 2.45) is 23.7 Å². The molecule has 1 aliphatic heterocycles. The number of carboxylic acids is 1. The molecular weight excluding hydrogens is 432 g/mol. The van der Waals surface area contributed by atoms with Crippen molar-refractivity contribution in [3.63, 3.8) is 0 Å². The van der Waals surface area contributed by atoms with E-state index >= 15 is 0 Å². The van der Waals surface area contributed by atoms with Gasteiger partial charge in [0.15, 0.2) is 0 Å². The van der Waals surface area contributed by atoms with E-state index in [-0.39, 0.29) is 42.1 Å². The second kappa shape index (κ2) is 8.78. The van der Waals surface area contributed by atoms with E-state index in [1.54, 1.807) is 4.90 Å². The predicted molar refractivity (Wildman–Crippen MR) is 126 cm³/mol. The van der Waals surface area contributed by atoms with Gasteiger partial charge in [-0.1, -0.05) is 68.8 Å². The third-order valence-electron chi connectivity index (χ3n) is 7.89. The molecule has 7 heteroatoms. The SMILES string of the molecule is CCC(C)[C@H](NC(=O)OCC1c2ccccc2-c2ccccc21)C(=O)N1C[C@@H]2C(C(=O)O)[C@@H]2C1. The van der Waals surface area contributed by atoms with Gasteiger partial charge in [-0.25, -0.2) is 4.79 Å². The topological polar surface area (TPSA) is 95.9 Å². The number of carbonyl (C=O) groups is 3. The first-order valence-corrected chi connectivity index (χ1v) is 12.0. The Kier molecular flexibility index (Phi) is 5.80. The zero-order valence-corrected chi connectivity index (χ0v) is 19.4. The summed E-state index contributed by atoms with van der Waals surface area (Å²) in [4.78, 5) is 39.0. The largest absolute Gasteiger partial charge is 0.481 e. The molecule has 0 spiro atoms. The number of nitrogens with one attached hydrogen (secondary N) is 1. The number of likely N-dealkylation sites (tertiary alicyclic amines) is 1. The number of rotatable bonds is 7. The highest BCUT2D eigenvalue weighted by Gasteiger charge is 2.61. The monoisotopic (exact) mass is 462 g/mol. The molecule has 5 atom stereocenters. The summed E-state index contributed by atoms with van der Waals surface area (Å²) in [5.41, 5.74) is 4.59. The number of hydrogen-bond acceptors (Lipinski definition) is 4. The molecule has 1 saturated heterocycles. The summed E-state index contributed by atoms with van der Waals surface area (Å²) in [6, 6.07) is 15.6. The van der Waals surface area contributed by atoms with E-state index in [0.717, 1.165) is 28.7 Å². The van der Waals surface area contributed by atoms with Crippen molar-refractivity contribution < 1.29 is 24.2 Å². The number of benzene rings is 2. The van der Waals surface area contributed by atoms with E-state index in [2.05, 4.69) is 29.6 Å². The minimum absolute atomic E-state index is 0.0356. The van der Waals surface area contributed by atoms with Gasteiger partial charge in [-0.15, -0.1) is 0 Å². The Bertz CT molecular complexity index is 1070. The summed E-state index contributed by atoms with van der Waals surface area (Å²) in [6.45, 7) is 4.99. The van der Waals surface area contributed by atoms with Crippen molar-refractivity contribution in [3.05, 3.63) is 59.7 Å². The average Bonchev–Trinajstić information content (AvgIpc) is 3.20. The van der Waals surface area contributed by atoms with Crippen molar-refractivity contribution >= 4 is 18.0 Å². The first-order chi connectivity index (χ1) is 16.4. The molecule has 0 aromatic heterocycles. The third-order valence-corrected chi connectivity index (χ3v) is 7.89. The average molecular weight is 463 g/mol. The fourth-order valence-electron chi connectivity index (χ4n) is 5.72. The lowest BCUT2D eigenvalue weighted by Crippen LogP contribution is -2.52. The summed E-state index contributed by atoms with van der Waals surface area (Å²) in [5.74, 6) is -1.31. The van der Waals surface area contributed by atoms with Gasteiger partial charge in [-0.05, 0) is 40.0 Å². The second-order valence-corrected chi connectivity index (χ2v) is 9.77. The van der Waals surface area contributed by atoms with E-state index in [0.29, 0.717) is 13.1 Å². The molecule has 2 amide bonds. The summed E-state index contributed by atoms with van der Waals surface area (Å²) >= 11 is 0. The number of nitrogens with zero attached hydrogens (tertiary/aromatic N) is 1. The number of carbonyl (C=O) groups excluding carboxylic acids is 2. The van der Waals surface area contributed by atoms with Gasteiger partial charge in [-0.2, -0.15) is 0 Å². The van der Waals surface area contributed by atoms with Crippen LogP contribution in [0.3, 0.4) is 0 Å². The molecule has 34 heavy (non-hydrogen) atoms. The van der Waals surface area contributed by atoms with Crippen LogP contribution < -0.4 is 5.32 Å². The Hall–Kier alpha value is -3.35. The molecule has 2 N–H and O–H groups in total. The molecule has 1 heterocycles. The van der Waals surface area contributed by atoms with E-state index in [4.69, 9.17) is 4.74 Å². The van der Waals surface area contributed by atoms with Gasteiger partial charge in [0, 0.05) is 19.0 Å². The normalized spacial score (nSPS) is 23.9. The van der Waals surface area contributed by atoms with Crippen molar-refractivity contribution in [2.75, 3.05) is 19.7 Å². The molecule has 2 aliphatic carbocycles. The fraction of sp³-hybridized carbons (Fsp3) is 0.444. The molecule has 178 valence electrons. The van der Waals surface area contributed by atoms with Gasteiger partial charge in [0.25, 0.3) is 0 Å². The van der Waals surface area contributed by atoms with Gasteiger partial charge in [0.2, 0.25) is 5.91 Å². The molecule has 3 aliphatic rings. The van der Waals surface area contributed by atoms with Crippen molar-refractivity contribution in [1.82, 2.24) is 10.2 Å². The lowest BCUT2D eigenvalue weighted by molar-refractivity contribution is -0.141. The van der Waals surface area contributed by atoms with Crippen LogP contribution >= 0.6 is 0 Å². The third kappa shape index (κ3) is 3.83. The molecular formula is C27H30N2O5. The first kappa shape index (κ1) is 22.4. The maximum absolute atomic E-state index is 13.2. The molecule has 2 aromatic carbocycles. The van der Waals surface area contributed by atoms with E-state index < -0.39 is 18.1 Å². The van der Waals surface area contributed by atoms with Gasteiger partial charge >= 0.3 is 12.1 Å². The summed E-state index contributed by atoms with van der Waals surface area (Å²) < 4.78 is 5.66. The van der Waals surface area contributed by atoms with Crippen LogP contribution in [0.5, 0.6) is 0 Å². The Morgan fingerprint density at radius 3 is 2.12 bits per heavy atom. The minimum atomic E-state index is -0.780. The van der Waals surface area contributed by atoms with Gasteiger partial charge in [0.1, 0.15) is 12.6 Å². The lowest BCUT2D eigenvalue weighted by atomic mass is 9.97. The van der Waals surface area contributed by atoms with Gasteiger partial charge in [0.05, 0.1) is 5.92 Å². The van der Waals surface area contributed by atoms with Crippen LogP contribution in [0.25, 0.3) is 11.1 Å². The van der Waals surface area contributed by atoms with Crippen LogP contribution in [0.2, 0.25) is 0 Å². The first-order valence-electron chi connectivity index (χ1n) is 12.0. The zero-order valence-electron chi connectivity index (χ0n) is 19.4. The lowest BCUT2D eigenvalue weighted by Gasteiger charge is -2.29. The second-order valence-electron chi connectivity index (χ2n) is 9.77. The highest BCUT2D eigenvalue weighted by molar-refractivity contribution is 5.87. The molecule has 2 fully saturated rings. The highest BCUT2D eigenvalue weighted by atomic mass is 16.5. The smallest absolute Gasteiger partial charge is 0.407 e. The number of amides is 2. The summed E-state index contributed by atoms with van der Waals surface area (Å²) in [7, 11) is 0. The van der Waals surface area contributed by atoms with Crippen molar-refractivity contribution in [1.29, 1.82) is 0 Å². The molecule has 2 aromatic rings. The van der Waals surface area contributed by atoms with Crippen LogP contribution in [0.4, 0.5) is 4.79 Å². The maximum atomic E-state index is 13.2. The molecule has 2 unspecified atom stereocenters. The highest BCUT2D eigenvalue weighted by Crippen LogP contribution is 2.52. The van der Waals surface area contributed by atoms with E-state index in [1.807, 2.05) is 38.1 Å². The standard InChI is InChI=1S/C27H30N2O5/c1-3-15(2)24(25(30)29-12-20-21(13-29)23(20)26(31)32)28-27(33)34-14-22-18-10-6-4-8-16(18)17-9-5-7-11-19(17)22/h4-11,15,20-24H,3,12-14H2,1-2H3,(H,28,33)(H,31,32)/t15?,20-,21+,23?,24-/m0/s1. The number of piperidine rings is 1. The minimum Gasteiger partial charge on any atom is -0.481 e. The van der Waals surface area contributed by atoms with Crippen LogP contribution in [0, 0.1) is 23.7 Å². The number of alkyl carbamates (subject to hydrolysis) is 1. The molecule has 5 rings (SSSR count). The van der Waals surface area contributed by atoms with Gasteiger partial charge < -0.3 is 20.1 Å². The van der Waals surface area contributed by atoms with Gasteiger partial charge in [-0.3, -0.25) is 9.59 Å². The van der Waals surface area contributed by atoms with Crippen LogP contribution in [0.1, 0.15) is 37.3 Å². The fourth-order valence-corrected chi connectivity index (χ4v) is 5.72. The number of hydrogen-bond donors (Lipinski definition) is 2. The van der Waals surface area contributed by atoms with E-state index in [9.17, 15) is 19.5 Å². The number of carboxylic acid groups (broad SMARTS) is 1. The predicted octanol–water partition coefficient (Wildman–Crippen LogP) is 3.73. The maximum Gasteiger partial charge on any atom is 0.407 e. The van der Waals surface area contributed by atoms with Crippen molar-refractivity contribution in [3.8, 4) is 11.1 Å². The quantitative estimate of drug-likeness (QED) is 0.654. The van der Waals surface area contributed by atoms with E-state index in [1.165, 1.54) is 0 Å². The molecule has 7 nitrogen and oxygen atoms in total. The number of fused-ring (bicyclic) bond motifs is 4. The Labute approximate surface area is 199 Å². The Balaban J connectivity index is 1.23. The molecule has 1 saturated carbocycles. The molecule has 0 radical (unpaired) electrons. The Morgan fingerprint density at radius 1 is 1.03 bits per heavy atom. The number of aliphatic carboxylic acids is 1.